The van der Waals surface area contributed by atoms with Gasteiger partial charge in [-0.1, -0.05) is 6.07 Å². The predicted molar refractivity (Wildman–Crippen MR) is 72.2 cm³/mol. The molecule has 0 saturated carbocycles. The third kappa shape index (κ3) is 2.40. The minimum Gasteiger partial charge on any atom is -0.326 e. The van der Waals surface area contributed by atoms with Crippen LogP contribution in [-0.2, 0) is 6.54 Å². The largest absolute Gasteiger partial charge is 0.326 e. The Hall–Kier alpha value is -2.87. The molecule has 2 aromatic heterocycles. The standard InChI is InChI=1S/C14H10F2N4O2/c15-9-2-1-8(10(16)5-9)6-20-7-18-12-11(20)3-4-17-13(12)14(21)19-22/h1-5,7,22H,6H2,(H,19,21). The SMILES string of the molecule is O=C(NO)c1nccc2c1ncn2Cc1ccc(F)cc1F. The summed E-state index contributed by atoms with van der Waals surface area (Å²) in [5, 5.41) is 8.69. The third-order valence-corrected chi connectivity index (χ3v) is 3.21. The number of rotatable bonds is 3. The van der Waals surface area contributed by atoms with Crippen molar-refractivity contribution < 1.29 is 18.8 Å². The van der Waals surface area contributed by atoms with Crippen LogP contribution in [-0.4, -0.2) is 25.6 Å². The molecule has 0 spiro atoms. The lowest BCUT2D eigenvalue weighted by molar-refractivity contribution is 0.0702. The molecule has 3 rings (SSSR count). The van der Waals surface area contributed by atoms with Crippen LogP contribution in [0.5, 0.6) is 0 Å². The van der Waals surface area contributed by atoms with Crippen LogP contribution in [0.2, 0.25) is 0 Å². The van der Waals surface area contributed by atoms with Gasteiger partial charge >= 0.3 is 0 Å². The summed E-state index contributed by atoms with van der Waals surface area (Å²) in [7, 11) is 0. The van der Waals surface area contributed by atoms with Gasteiger partial charge in [0.15, 0.2) is 5.69 Å². The minimum absolute atomic E-state index is 0.0432. The zero-order valence-corrected chi connectivity index (χ0v) is 11.1. The molecule has 112 valence electrons. The van der Waals surface area contributed by atoms with E-state index in [0.29, 0.717) is 5.52 Å². The normalized spacial score (nSPS) is 10.9. The quantitative estimate of drug-likeness (QED) is 0.572. The smallest absolute Gasteiger partial charge is 0.295 e. The van der Waals surface area contributed by atoms with E-state index in [1.807, 2.05) is 0 Å². The van der Waals surface area contributed by atoms with E-state index in [4.69, 9.17) is 5.21 Å². The van der Waals surface area contributed by atoms with Gasteiger partial charge in [-0.25, -0.2) is 24.2 Å². The molecule has 0 saturated heterocycles. The van der Waals surface area contributed by atoms with Gasteiger partial charge in [-0.3, -0.25) is 10.0 Å². The van der Waals surface area contributed by atoms with E-state index in [2.05, 4.69) is 9.97 Å². The second-order valence-corrected chi connectivity index (χ2v) is 4.58. The Morgan fingerprint density at radius 1 is 1.27 bits per heavy atom. The van der Waals surface area contributed by atoms with Crippen LogP contribution >= 0.6 is 0 Å². The minimum atomic E-state index is -0.788. The van der Waals surface area contributed by atoms with Gasteiger partial charge in [-0.15, -0.1) is 0 Å². The fourth-order valence-corrected chi connectivity index (χ4v) is 2.17. The molecule has 22 heavy (non-hydrogen) atoms. The highest BCUT2D eigenvalue weighted by Crippen LogP contribution is 2.18. The molecule has 0 bridgehead atoms. The molecule has 3 aromatic rings. The summed E-state index contributed by atoms with van der Waals surface area (Å²) >= 11 is 0. The zero-order valence-electron chi connectivity index (χ0n) is 11.1. The fourth-order valence-electron chi connectivity index (χ4n) is 2.17. The van der Waals surface area contributed by atoms with Crippen molar-refractivity contribution in [3.05, 3.63) is 59.7 Å². The van der Waals surface area contributed by atoms with Crippen LogP contribution in [0.1, 0.15) is 16.1 Å². The second kappa shape index (κ2) is 5.49. The van der Waals surface area contributed by atoms with E-state index in [0.717, 1.165) is 6.07 Å². The summed E-state index contributed by atoms with van der Waals surface area (Å²) in [5.41, 5.74) is 2.55. The topological polar surface area (TPSA) is 80.0 Å². The van der Waals surface area contributed by atoms with Crippen LogP contribution in [0.15, 0.2) is 36.8 Å². The highest BCUT2D eigenvalue weighted by molar-refractivity contribution is 6.02. The molecular formula is C14H10F2N4O2. The van der Waals surface area contributed by atoms with Crippen molar-refractivity contribution >= 4 is 16.9 Å². The number of hydrogen-bond acceptors (Lipinski definition) is 4. The van der Waals surface area contributed by atoms with Crippen LogP contribution in [0.4, 0.5) is 8.78 Å². The van der Waals surface area contributed by atoms with Gasteiger partial charge in [0.2, 0.25) is 0 Å². The molecule has 1 amide bonds. The first kappa shape index (κ1) is 14.1. The van der Waals surface area contributed by atoms with Crippen LogP contribution in [0, 0.1) is 11.6 Å². The van der Waals surface area contributed by atoms with Gasteiger partial charge in [0.25, 0.3) is 5.91 Å². The van der Waals surface area contributed by atoms with E-state index in [-0.39, 0.29) is 23.3 Å². The molecule has 2 N–H and O–H groups in total. The molecule has 8 heteroatoms. The van der Waals surface area contributed by atoms with Crippen LogP contribution < -0.4 is 5.48 Å². The van der Waals surface area contributed by atoms with E-state index in [9.17, 15) is 13.6 Å². The first-order chi connectivity index (χ1) is 10.6. The number of hydroxylamine groups is 1. The lowest BCUT2D eigenvalue weighted by Gasteiger charge is -2.06. The summed E-state index contributed by atoms with van der Waals surface area (Å²) in [6.45, 7) is 0.118. The maximum atomic E-state index is 13.7. The number of fused-ring (bicyclic) bond motifs is 1. The average Bonchev–Trinajstić information content (AvgIpc) is 2.92. The number of nitrogens with zero attached hydrogens (tertiary/aromatic N) is 3. The predicted octanol–water partition coefficient (Wildman–Crippen LogP) is 1.88. The van der Waals surface area contributed by atoms with Crippen molar-refractivity contribution in [2.45, 2.75) is 6.54 Å². The number of aromatic nitrogens is 3. The van der Waals surface area contributed by atoms with E-state index >= 15 is 0 Å². The number of benzene rings is 1. The molecule has 0 atom stereocenters. The van der Waals surface area contributed by atoms with Crippen molar-refractivity contribution in [3.8, 4) is 0 Å². The summed E-state index contributed by atoms with van der Waals surface area (Å²) < 4.78 is 28.2. The Kier molecular flexibility index (Phi) is 3.51. The highest BCUT2D eigenvalue weighted by atomic mass is 19.1. The van der Waals surface area contributed by atoms with Crippen molar-refractivity contribution in [1.82, 2.24) is 20.0 Å². The molecule has 1 aromatic carbocycles. The number of imidazole rings is 1. The summed E-state index contributed by atoms with van der Waals surface area (Å²) in [5.74, 6) is -2.10. The van der Waals surface area contributed by atoms with Crippen LogP contribution in [0.25, 0.3) is 11.0 Å². The van der Waals surface area contributed by atoms with E-state index in [1.54, 1.807) is 10.6 Å². The van der Waals surface area contributed by atoms with Crippen molar-refractivity contribution in [1.29, 1.82) is 0 Å². The van der Waals surface area contributed by atoms with E-state index in [1.165, 1.54) is 30.1 Å². The molecule has 6 nitrogen and oxygen atoms in total. The Morgan fingerprint density at radius 3 is 2.82 bits per heavy atom. The van der Waals surface area contributed by atoms with Crippen molar-refractivity contribution in [3.63, 3.8) is 0 Å². The van der Waals surface area contributed by atoms with Crippen molar-refractivity contribution in [2.24, 2.45) is 0 Å². The number of amides is 1. The van der Waals surface area contributed by atoms with Crippen molar-refractivity contribution in [2.75, 3.05) is 0 Å². The summed E-state index contributed by atoms with van der Waals surface area (Å²) in [4.78, 5) is 19.4. The van der Waals surface area contributed by atoms with Gasteiger partial charge in [0, 0.05) is 17.8 Å². The number of halogens is 2. The number of carbonyl (C=O) groups excluding carboxylic acids is 1. The van der Waals surface area contributed by atoms with Gasteiger partial charge < -0.3 is 4.57 Å². The lowest BCUT2D eigenvalue weighted by Crippen LogP contribution is -2.20. The fraction of sp³-hybridized carbons (Fsp3) is 0.0714. The number of pyridine rings is 1. The monoisotopic (exact) mass is 304 g/mol. The first-order valence-corrected chi connectivity index (χ1v) is 6.28. The first-order valence-electron chi connectivity index (χ1n) is 6.28. The van der Waals surface area contributed by atoms with Gasteiger partial charge in [-0.2, -0.15) is 0 Å². The zero-order chi connectivity index (χ0) is 15.7. The molecular weight excluding hydrogens is 294 g/mol. The lowest BCUT2D eigenvalue weighted by atomic mass is 10.2. The average molecular weight is 304 g/mol. The van der Waals surface area contributed by atoms with Gasteiger partial charge in [0.1, 0.15) is 17.2 Å². The molecule has 0 aliphatic rings. The molecule has 2 heterocycles. The van der Waals surface area contributed by atoms with E-state index < -0.39 is 17.5 Å². The Bertz CT molecular complexity index is 863. The molecule has 0 radical (unpaired) electrons. The molecule has 0 aliphatic heterocycles. The summed E-state index contributed by atoms with van der Waals surface area (Å²) in [6.07, 6.45) is 2.80. The second-order valence-electron chi connectivity index (χ2n) is 4.58. The maximum absolute atomic E-state index is 13.7. The van der Waals surface area contributed by atoms with Crippen LogP contribution in [0.3, 0.4) is 0 Å². The number of hydrogen-bond donors (Lipinski definition) is 2. The number of carbonyl (C=O) groups is 1. The Morgan fingerprint density at radius 2 is 2.09 bits per heavy atom. The molecule has 0 aliphatic carbocycles. The maximum Gasteiger partial charge on any atom is 0.295 e. The molecule has 0 fully saturated rings. The third-order valence-electron chi connectivity index (χ3n) is 3.21. The number of nitrogens with one attached hydrogen (secondary N) is 1. The Balaban J connectivity index is 2.04. The Labute approximate surface area is 123 Å². The highest BCUT2D eigenvalue weighted by Gasteiger charge is 2.15. The molecule has 0 unspecified atom stereocenters. The van der Waals surface area contributed by atoms with Gasteiger partial charge in [-0.05, 0) is 12.1 Å². The van der Waals surface area contributed by atoms with Gasteiger partial charge in [0.05, 0.1) is 18.4 Å². The summed E-state index contributed by atoms with van der Waals surface area (Å²) in [6, 6.07) is 4.93.